The minimum atomic E-state index is -1.36. The van der Waals surface area contributed by atoms with Crippen LogP contribution in [-0.2, 0) is 19.9 Å². The summed E-state index contributed by atoms with van der Waals surface area (Å²) in [5.74, 6) is -3.09. The predicted molar refractivity (Wildman–Crippen MR) is 111 cm³/mol. The number of carbonyl (C=O) groups is 3. The number of hydrogen-bond donors (Lipinski definition) is 2. The number of nitrogens with zero attached hydrogens (tertiary/aromatic N) is 2. The van der Waals surface area contributed by atoms with Crippen LogP contribution < -0.4 is 15.5 Å². The van der Waals surface area contributed by atoms with Gasteiger partial charge in [-0.2, -0.15) is 0 Å². The average Bonchev–Trinajstić information content (AvgIpc) is 3.33. The first-order valence-electron chi connectivity index (χ1n) is 10.1. The van der Waals surface area contributed by atoms with E-state index in [9.17, 15) is 24.5 Å². The summed E-state index contributed by atoms with van der Waals surface area (Å²) in [5, 5.41) is 17.4. The van der Waals surface area contributed by atoms with Crippen LogP contribution in [0.4, 0.5) is 17.1 Å². The highest BCUT2D eigenvalue weighted by atomic mass is 16.6. The molecule has 31 heavy (non-hydrogen) atoms. The van der Waals surface area contributed by atoms with Crippen LogP contribution in [0.25, 0.3) is 0 Å². The molecule has 5 rings (SSSR count). The fourth-order valence-electron chi connectivity index (χ4n) is 5.26. The SMILES string of the molecule is CC(C)[C@@H]1N[C@@]2(C(=O)Nc3ccccc32)[C@@H]2C(=O)N(c3cccc([N+](=O)[O-])c3)C(=O)[C@@H]21. The van der Waals surface area contributed by atoms with E-state index in [1.807, 2.05) is 13.8 Å². The van der Waals surface area contributed by atoms with Crippen LogP contribution in [-0.4, -0.2) is 28.7 Å². The number of fused-ring (bicyclic) bond motifs is 4. The van der Waals surface area contributed by atoms with Crippen LogP contribution in [0.3, 0.4) is 0 Å². The minimum Gasteiger partial charge on any atom is -0.324 e. The number of nitrogens with one attached hydrogen (secondary N) is 2. The topological polar surface area (TPSA) is 122 Å². The molecule has 2 N–H and O–H groups in total. The molecule has 3 aliphatic heterocycles. The van der Waals surface area contributed by atoms with E-state index in [4.69, 9.17) is 0 Å². The molecule has 0 aliphatic carbocycles. The molecule has 2 saturated heterocycles. The number of imide groups is 1. The Labute approximate surface area is 177 Å². The summed E-state index contributed by atoms with van der Waals surface area (Å²) in [7, 11) is 0. The van der Waals surface area contributed by atoms with Crippen LogP contribution in [0, 0.1) is 27.9 Å². The summed E-state index contributed by atoms with van der Waals surface area (Å²) in [6, 6.07) is 12.2. The number of non-ortho nitro benzene ring substituents is 1. The van der Waals surface area contributed by atoms with Crippen LogP contribution in [0.5, 0.6) is 0 Å². The fourth-order valence-corrected chi connectivity index (χ4v) is 5.26. The first-order valence-corrected chi connectivity index (χ1v) is 10.1. The van der Waals surface area contributed by atoms with Gasteiger partial charge in [-0.25, -0.2) is 4.90 Å². The second-order valence-electron chi connectivity index (χ2n) is 8.51. The third-order valence-corrected chi connectivity index (χ3v) is 6.57. The molecule has 4 atom stereocenters. The summed E-state index contributed by atoms with van der Waals surface area (Å²) >= 11 is 0. The van der Waals surface area contributed by atoms with Gasteiger partial charge in [-0.3, -0.25) is 29.8 Å². The van der Waals surface area contributed by atoms with E-state index in [0.29, 0.717) is 11.3 Å². The number of nitro groups is 1. The number of rotatable bonds is 3. The van der Waals surface area contributed by atoms with Crippen molar-refractivity contribution in [3.8, 4) is 0 Å². The molecule has 0 saturated carbocycles. The van der Waals surface area contributed by atoms with Gasteiger partial charge in [0, 0.05) is 29.4 Å². The maximum absolute atomic E-state index is 13.7. The zero-order chi connectivity index (χ0) is 22.1. The maximum atomic E-state index is 13.7. The molecule has 0 aromatic heterocycles. The lowest BCUT2D eigenvalue weighted by Crippen LogP contribution is -2.54. The Morgan fingerprint density at radius 1 is 1.06 bits per heavy atom. The molecular weight excluding hydrogens is 400 g/mol. The van der Waals surface area contributed by atoms with Crippen LogP contribution in [0.1, 0.15) is 19.4 Å². The summed E-state index contributed by atoms with van der Waals surface area (Å²) < 4.78 is 0. The molecule has 2 aromatic carbocycles. The molecule has 0 bridgehead atoms. The van der Waals surface area contributed by atoms with E-state index in [0.717, 1.165) is 4.90 Å². The van der Waals surface area contributed by atoms with Crippen molar-refractivity contribution in [3.63, 3.8) is 0 Å². The molecule has 1 spiro atoms. The Balaban J connectivity index is 1.67. The number of anilines is 2. The van der Waals surface area contributed by atoms with Crippen molar-refractivity contribution in [2.75, 3.05) is 10.2 Å². The van der Waals surface area contributed by atoms with Gasteiger partial charge < -0.3 is 5.32 Å². The van der Waals surface area contributed by atoms with Gasteiger partial charge in [0.2, 0.25) is 17.7 Å². The number of benzene rings is 2. The highest BCUT2D eigenvalue weighted by Crippen LogP contribution is 2.54. The number of hydrogen-bond acceptors (Lipinski definition) is 6. The van der Waals surface area contributed by atoms with E-state index in [2.05, 4.69) is 10.6 Å². The fraction of sp³-hybridized carbons (Fsp3) is 0.318. The van der Waals surface area contributed by atoms with Gasteiger partial charge in [-0.15, -0.1) is 0 Å². The summed E-state index contributed by atoms with van der Waals surface area (Å²) in [6.07, 6.45) is 0. The molecule has 3 amide bonds. The van der Waals surface area contributed by atoms with Gasteiger partial charge >= 0.3 is 0 Å². The first-order chi connectivity index (χ1) is 14.8. The molecule has 9 nitrogen and oxygen atoms in total. The summed E-state index contributed by atoms with van der Waals surface area (Å²) in [4.78, 5) is 52.1. The summed E-state index contributed by atoms with van der Waals surface area (Å²) in [6.45, 7) is 3.86. The molecular formula is C22H20N4O5. The Kier molecular flexibility index (Phi) is 4.03. The monoisotopic (exact) mass is 420 g/mol. The van der Waals surface area contributed by atoms with Crippen molar-refractivity contribution < 1.29 is 19.3 Å². The average molecular weight is 420 g/mol. The highest BCUT2D eigenvalue weighted by molar-refractivity contribution is 6.25. The van der Waals surface area contributed by atoms with Gasteiger partial charge in [-0.05, 0) is 18.1 Å². The molecule has 3 heterocycles. The van der Waals surface area contributed by atoms with Crippen molar-refractivity contribution in [2.24, 2.45) is 17.8 Å². The van der Waals surface area contributed by atoms with Gasteiger partial charge in [0.15, 0.2) is 0 Å². The van der Waals surface area contributed by atoms with Gasteiger partial charge in [0.1, 0.15) is 5.54 Å². The number of carbonyl (C=O) groups excluding carboxylic acids is 3. The van der Waals surface area contributed by atoms with Gasteiger partial charge in [0.05, 0.1) is 22.4 Å². The normalized spacial score (nSPS) is 28.9. The number of amides is 3. The van der Waals surface area contributed by atoms with Crippen molar-refractivity contribution in [1.82, 2.24) is 5.32 Å². The van der Waals surface area contributed by atoms with Crippen molar-refractivity contribution in [3.05, 3.63) is 64.2 Å². The Morgan fingerprint density at radius 3 is 2.52 bits per heavy atom. The second-order valence-corrected chi connectivity index (χ2v) is 8.51. The number of para-hydroxylation sites is 1. The van der Waals surface area contributed by atoms with Crippen molar-refractivity contribution in [1.29, 1.82) is 0 Å². The lowest BCUT2D eigenvalue weighted by atomic mass is 9.76. The maximum Gasteiger partial charge on any atom is 0.271 e. The molecule has 3 aliphatic rings. The Bertz CT molecular complexity index is 1160. The summed E-state index contributed by atoms with van der Waals surface area (Å²) in [5.41, 5.74) is -0.189. The third kappa shape index (κ3) is 2.43. The standard InChI is InChI=1S/C22H20N4O5/c1-11(2)18-16-17(22(24-18)14-8-3-4-9-15(14)23-21(22)29)20(28)25(19(16)27)12-6-5-7-13(10-12)26(30)31/h3-11,16-18,24H,1-2H3,(H,23,29)/t16-,17-,18-,22+/m0/s1. The molecule has 2 fully saturated rings. The molecule has 158 valence electrons. The predicted octanol–water partition coefficient (Wildman–Crippen LogP) is 2.18. The Morgan fingerprint density at radius 2 is 1.81 bits per heavy atom. The van der Waals surface area contributed by atoms with Gasteiger partial charge in [0.25, 0.3) is 5.69 Å². The van der Waals surface area contributed by atoms with Crippen LogP contribution in [0.15, 0.2) is 48.5 Å². The lowest BCUT2D eigenvalue weighted by molar-refractivity contribution is -0.384. The third-order valence-electron chi connectivity index (χ3n) is 6.57. The van der Waals surface area contributed by atoms with E-state index in [-0.39, 0.29) is 23.2 Å². The van der Waals surface area contributed by atoms with Crippen molar-refractivity contribution >= 4 is 34.8 Å². The largest absolute Gasteiger partial charge is 0.324 e. The Hall–Kier alpha value is -3.59. The van der Waals surface area contributed by atoms with E-state index in [1.54, 1.807) is 24.3 Å². The van der Waals surface area contributed by atoms with Crippen LogP contribution >= 0.6 is 0 Å². The second kappa shape index (κ2) is 6.45. The smallest absolute Gasteiger partial charge is 0.271 e. The quantitative estimate of drug-likeness (QED) is 0.446. The molecule has 2 aromatic rings. The molecule has 0 unspecified atom stereocenters. The first kappa shape index (κ1) is 19.4. The minimum absolute atomic E-state index is 0.0331. The highest BCUT2D eigenvalue weighted by Gasteiger charge is 2.70. The zero-order valence-electron chi connectivity index (χ0n) is 16.9. The van der Waals surface area contributed by atoms with E-state index < -0.39 is 40.2 Å². The molecule has 9 heteroatoms. The lowest BCUT2D eigenvalue weighted by Gasteiger charge is -2.30. The van der Waals surface area contributed by atoms with E-state index in [1.165, 1.54) is 24.3 Å². The number of nitro benzene ring substituents is 1. The molecule has 0 radical (unpaired) electrons. The zero-order valence-corrected chi connectivity index (χ0v) is 16.9. The van der Waals surface area contributed by atoms with Crippen molar-refractivity contribution in [2.45, 2.75) is 25.4 Å². The van der Waals surface area contributed by atoms with Crippen LogP contribution in [0.2, 0.25) is 0 Å². The van der Waals surface area contributed by atoms with Gasteiger partial charge in [-0.1, -0.05) is 38.1 Å². The van der Waals surface area contributed by atoms with E-state index >= 15 is 0 Å².